The smallest absolute Gasteiger partial charge is 0.241 e. The summed E-state index contributed by atoms with van der Waals surface area (Å²) in [5.41, 5.74) is -0.0495. The standard InChI is InChI=1S/C14H12N2O3/c1-14-5-2-9(19-14)10-11(14)13(18)16(12(10)17)8-3-6-15-7-4-8/h2-7,9-11H,1H3/t9-,10-,11+,14+/m1/s1. The molecule has 0 spiro atoms. The molecule has 1 aromatic heterocycles. The third-order valence-electron chi connectivity index (χ3n) is 4.25. The van der Waals surface area contributed by atoms with Crippen LogP contribution in [0.2, 0.25) is 0 Å². The summed E-state index contributed by atoms with van der Waals surface area (Å²) >= 11 is 0. The highest BCUT2D eigenvalue weighted by atomic mass is 16.5. The number of rotatable bonds is 1. The van der Waals surface area contributed by atoms with Gasteiger partial charge in [0.15, 0.2) is 0 Å². The normalized spacial score (nSPS) is 39.2. The summed E-state index contributed by atoms with van der Waals surface area (Å²) in [6, 6.07) is 3.35. The molecule has 4 rings (SSSR count). The molecule has 0 radical (unpaired) electrons. The molecule has 3 aliphatic heterocycles. The van der Waals surface area contributed by atoms with Gasteiger partial charge in [-0.15, -0.1) is 0 Å². The monoisotopic (exact) mass is 256 g/mol. The predicted molar refractivity (Wildman–Crippen MR) is 66.1 cm³/mol. The Kier molecular flexibility index (Phi) is 1.89. The molecule has 4 heterocycles. The number of amides is 2. The first kappa shape index (κ1) is 10.9. The first-order chi connectivity index (χ1) is 9.12. The number of anilines is 1. The molecule has 0 aliphatic carbocycles. The Hall–Kier alpha value is -2.01. The van der Waals surface area contributed by atoms with Gasteiger partial charge in [-0.1, -0.05) is 12.2 Å². The lowest BCUT2D eigenvalue weighted by atomic mass is 9.78. The Labute approximate surface area is 109 Å². The average Bonchev–Trinajstić information content (AvgIpc) is 3.00. The van der Waals surface area contributed by atoms with Crippen LogP contribution in [0.3, 0.4) is 0 Å². The Bertz CT molecular complexity index is 612. The summed E-state index contributed by atoms with van der Waals surface area (Å²) in [7, 11) is 0. The van der Waals surface area contributed by atoms with Gasteiger partial charge in [0.05, 0.1) is 29.2 Å². The summed E-state index contributed by atoms with van der Waals surface area (Å²) in [4.78, 5) is 30.2. The molecular formula is C14H12N2O3. The van der Waals surface area contributed by atoms with Crippen LogP contribution in [-0.2, 0) is 14.3 Å². The average molecular weight is 256 g/mol. The number of imide groups is 1. The molecule has 0 N–H and O–H groups in total. The van der Waals surface area contributed by atoms with Crippen LogP contribution in [0.15, 0.2) is 36.7 Å². The number of hydrogen-bond acceptors (Lipinski definition) is 4. The van der Waals surface area contributed by atoms with Crippen LogP contribution in [-0.4, -0.2) is 28.5 Å². The number of hydrogen-bond donors (Lipinski definition) is 0. The number of ether oxygens (including phenoxy) is 1. The quantitative estimate of drug-likeness (QED) is 0.553. The highest BCUT2D eigenvalue weighted by Crippen LogP contribution is 2.52. The maximum atomic E-state index is 12.6. The summed E-state index contributed by atoms with van der Waals surface area (Å²) in [5, 5.41) is 0. The van der Waals surface area contributed by atoms with Gasteiger partial charge in [0.2, 0.25) is 11.8 Å². The van der Waals surface area contributed by atoms with Crippen molar-refractivity contribution in [3.8, 4) is 0 Å². The van der Waals surface area contributed by atoms with Crippen molar-refractivity contribution < 1.29 is 14.3 Å². The van der Waals surface area contributed by atoms with E-state index in [1.165, 1.54) is 4.90 Å². The van der Waals surface area contributed by atoms with E-state index in [4.69, 9.17) is 4.74 Å². The van der Waals surface area contributed by atoms with Crippen LogP contribution in [0.1, 0.15) is 6.92 Å². The fourth-order valence-electron chi connectivity index (χ4n) is 3.40. The fraction of sp³-hybridized carbons (Fsp3) is 0.357. The minimum atomic E-state index is -0.635. The van der Waals surface area contributed by atoms with Gasteiger partial charge in [0, 0.05) is 12.4 Å². The molecule has 5 heteroatoms. The van der Waals surface area contributed by atoms with Crippen molar-refractivity contribution in [3.63, 3.8) is 0 Å². The van der Waals surface area contributed by atoms with Crippen LogP contribution in [0, 0.1) is 11.8 Å². The molecule has 3 aliphatic rings. The zero-order valence-electron chi connectivity index (χ0n) is 10.3. The molecule has 2 bridgehead atoms. The highest BCUT2D eigenvalue weighted by molar-refractivity contribution is 6.23. The molecule has 2 amide bonds. The molecule has 4 atom stereocenters. The van der Waals surface area contributed by atoms with E-state index in [-0.39, 0.29) is 23.8 Å². The van der Waals surface area contributed by atoms with E-state index in [0.717, 1.165) is 0 Å². The maximum Gasteiger partial charge on any atom is 0.241 e. The van der Waals surface area contributed by atoms with E-state index in [0.29, 0.717) is 5.69 Å². The Morgan fingerprint density at radius 3 is 2.68 bits per heavy atom. The second kappa shape index (κ2) is 3.30. The van der Waals surface area contributed by atoms with Crippen molar-refractivity contribution in [1.29, 1.82) is 0 Å². The first-order valence-corrected chi connectivity index (χ1v) is 6.27. The molecule has 0 saturated carbocycles. The number of nitrogens with zero attached hydrogens (tertiary/aromatic N) is 2. The minimum absolute atomic E-state index is 0.167. The topological polar surface area (TPSA) is 59.5 Å². The van der Waals surface area contributed by atoms with Crippen LogP contribution in [0.25, 0.3) is 0 Å². The lowest BCUT2D eigenvalue weighted by Crippen LogP contribution is -2.38. The SMILES string of the molecule is C[C@@]12C=C[C@@H](O1)[C@H]1C(=O)N(c3ccncc3)C(=O)[C@H]12. The van der Waals surface area contributed by atoms with E-state index >= 15 is 0 Å². The molecule has 19 heavy (non-hydrogen) atoms. The third kappa shape index (κ3) is 1.20. The zero-order chi connectivity index (χ0) is 13.2. The highest BCUT2D eigenvalue weighted by Gasteiger charge is 2.65. The first-order valence-electron chi connectivity index (χ1n) is 6.27. The van der Waals surface area contributed by atoms with Crippen LogP contribution < -0.4 is 4.90 Å². The Morgan fingerprint density at radius 2 is 2.00 bits per heavy atom. The molecule has 96 valence electrons. The van der Waals surface area contributed by atoms with E-state index in [1.54, 1.807) is 24.5 Å². The van der Waals surface area contributed by atoms with Gasteiger partial charge < -0.3 is 4.74 Å². The van der Waals surface area contributed by atoms with E-state index in [2.05, 4.69) is 4.98 Å². The molecule has 2 saturated heterocycles. The number of aromatic nitrogens is 1. The van der Waals surface area contributed by atoms with E-state index < -0.39 is 11.5 Å². The van der Waals surface area contributed by atoms with Crippen molar-refractivity contribution in [3.05, 3.63) is 36.7 Å². The fourth-order valence-corrected chi connectivity index (χ4v) is 3.40. The number of carbonyl (C=O) groups excluding carboxylic acids is 2. The van der Waals surface area contributed by atoms with Crippen LogP contribution >= 0.6 is 0 Å². The largest absolute Gasteiger partial charge is 0.362 e. The molecule has 0 aromatic carbocycles. The van der Waals surface area contributed by atoms with Crippen molar-refractivity contribution in [2.45, 2.75) is 18.6 Å². The van der Waals surface area contributed by atoms with Crippen molar-refractivity contribution >= 4 is 17.5 Å². The molecule has 5 nitrogen and oxygen atoms in total. The maximum absolute atomic E-state index is 12.6. The summed E-state index contributed by atoms with van der Waals surface area (Å²) in [5.74, 6) is -1.12. The van der Waals surface area contributed by atoms with Gasteiger partial charge in [-0.3, -0.25) is 14.6 Å². The second-order valence-corrected chi connectivity index (χ2v) is 5.35. The van der Waals surface area contributed by atoms with Crippen LogP contribution in [0.4, 0.5) is 5.69 Å². The zero-order valence-corrected chi connectivity index (χ0v) is 10.3. The van der Waals surface area contributed by atoms with E-state index in [1.807, 2.05) is 19.1 Å². The second-order valence-electron chi connectivity index (χ2n) is 5.35. The van der Waals surface area contributed by atoms with Crippen molar-refractivity contribution in [2.75, 3.05) is 4.90 Å². The van der Waals surface area contributed by atoms with Crippen LogP contribution in [0.5, 0.6) is 0 Å². The van der Waals surface area contributed by atoms with Gasteiger partial charge in [-0.2, -0.15) is 0 Å². The molecule has 0 unspecified atom stereocenters. The lowest BCUT2D eigenvalue weighted by Gasteiger charge is -2.24. The molecular weight excluding hydrogens is 244 g/mol. The predicted octanol–water partition coefficient (Wildman–Crippen LogP) is 0.914. The molecule has 1 aromatic rings. The molecule has 2 fully saturated rings. The summed E-state index contributed by atoms with van der Waals surface area (Å²) in [6.45, 7) is 1.87. The number of fused-ring (bicyclic) bond motifs is 5. The number of carbonyl (C=O) groups is 2. The third-order valence-corrected chi connectivity index (χ3v) is 4.25. The van der Waals surface area contributed by atoms with Gasteiger partial charge >= 0.3 is 0 Å². The van der Waals surface area contributed by atoms with E-state index in [9.17, 15) is 9.59 Å². The summed E-state index contributed by atoms with van der Waals surface area (Å²) in [6.07, 6.45) is 6.69. The van der Waals surface area contributed by atoms with Crippen molar-refractivity contribution in [2.24, 2.45) is 11.8 Å². The Balaban J connectivity index is 1.80. The lowest BCUT2D eigenvalue weighted by molar-refractivity contribution is -0.126. The minimum Gasteiger partial charge on any atom is -0.362 e. The number of pyridine rings is 1. The van der Waals surface area contributed by atoms with Gasteiger partial charge in [0.1, 0.15) is 0 Å². The van der Waals surface area contributed by atoms with Crippen molar-refractivity contribution in [1.82, 2.24) is 4.98 Å². The Morgan fingerprint density at radius 1 is 1.26 bits per heavy atom. The summed E-state index contributed by atoms with van der Waals surface area (Å²) < 4.78 is 5.76. The van der Waals surface area contributed by atoms with Gasteiger partial charge in [-0.25, -0.2) is 4.90 Å². The van der Waals surface area contributed by atoms with Gasteiger partial charge in [0.25, 0.3) is 0 Å². The van der Waals surface area contributed by atoms with Gasteiger partial charge in [-0.05, 0) is 19.1 Å².